The van der Waals surface area contributed by atoms with Crippen LogP contribution < -0.4 is 10.5 Å². The Bertz CT molecular complexity index is 611. The molecule has 0 heterocycles. The smallest absolute Gasteiger partial charge is 0.338 e. The number of benzene rings is 2. The van der Waals surface area contributed by atoms with Gasteiger partial charge in [-0.05, 0) is 35.9 Å². The monoisotopic (exact) mass is 275 g/mol. The van der Waals surface area contributed by atoms with Crippen LogP contribution in [0.25, 0.3) is 0 Å². The molecule has 0 unspecified atom stereocenters. The lowest BCUT2D eigenvalue weighted by molar-refractivity contribution is 0.0472. The number of nitrogen functional groups attached to an aromatic ring is 1. The van der Waals surface area contributed by atoms with Gasteiger partial charge in [0, 0.05) is 0 Å². The Balaban J connectivity index is 1.98. The lowest BCUT2D eigenvalue weighted by Crippen LogP contribution is -2.06. The van der Waals surface area contributed by atoms with Gasteiger partial charge in [-0.1, -0.05) is 12.1 Å². The van der Waals surface area contributed by atoms with Crippen LogP contribution in [0.5, 0.6) is 5.75 Å². The molecular weight excluding hydrogens is 261 g/mol. The number of nitrogens with two attached hydrogens (primary N) is 1. The second kappa shape index (κ2) is 6.06. The number of methoxy groups -OCH3 is 1. The molecule has 4 nitrogen and oxygen atoms in total. The van der Waals surface area contributed by atoms with Gasteiger partial charge in [-0.15, -0.1) is 0 Å². The van der Waals surface area contributed by atoms with Crippen molar-refractivity contribution in [1.82, 2.24) is 0 Å². The van der Waals surface area contributed by atoms with Crippen LogP contribution in [0.1, 0.15) is 15.9 Å². The van der Waals surface area contributed by atoms with Crippen molar-refractivity contribution in [1.29, 1.82) is 0 Å². The molecule has 20 heavy (non-hydrogen) atoms. The standard InChI is InChI=1S/C15H14FNO3/c1-19-12-5-2-10(3-6-12)9-20-15(18)11-4-7-13(16)14(17)8-11/h2-8H,9,17H2,1H3. The van der Waals surface area contributed by atoms with E-state index in [1.165, 1.54) is 12.1 Å². The molecule has 0 radical (unpaired) electrons. The van der Waals surface area contributed by atoms with E-state index in [2.05, 4.69) is 0 Å². The number of esters is 1. The minimum atomic E-state index is -0.559. The van der Waals surface area contributed by atoms with E-state index in [-0.39, 0.29) is 17.9 Å². The molecule has 0 spiro atoms. The van der Waals surface area contributed by atoms with Crippen molar-refractivity contribution in [3.05, 3.63) is 59.4 Å². The molecule has 0 aromatic heterocycles. The number of hydrogen-bond donors (Lipinski definition) is 1. The van der Waals surface area contributed by atoms with Gasteiger partial charge in [0.15, 0.2) is 0 Å². The van der Waals surface area contributed by atoms with Crippen molar-refractivity contribution in [3.63, 3.8) is 0 Å². The quantitative estimate of drug-likeness (QED) is 0.688. The molecule has 104 valence electrons. The number of ether oxygens (including phenoxy) is 2. The predicted molar refractivity (Wildman–Crippen MR) is 72.9 cm³/mol. The van der Waals surface area contributed by atoms with Gasteiger partial charge in [0.25, 0.3) is 0 Å². The van der Waals surface area contributed by atoms with E-state index in [1.807, 2.05) is 0 Å². The fourth-order valence-corrected chi connectivity index (χ4v) is 1.62. The van der Waals surface area contributed by atoms with Crippen molar-refractivity contribution in [2.45, 2.75) is 6.61 Å². The Morgan fingerprint density at radius 2 is 1.90 bits per heavy atom. The number of rotatable bonds is 4. The molecule has 2 aromatic rings. The van der Waals surface area contributed by atoms with E-state index < -0.39 is 11.8 Å². The fraction of sp³-hybridized carbons (Fsp3) is 0.133. The largest absolute Gasteiger partial charge is 0.497 e. The Hall–Kier alpha value is -2.56. The molecule has 0 saturated heterocycles. The van der Waals surface area contributed by atoms with Crippen molar-refractivity contribution in [3.8, 4) is 5.75 Å². The van der Waals surface area contributed by atoms with Crippen LogP contribution in [0.3, 0.4) is 0 Å². The van der Waals surface area contributed by atoms with Gasteiger partial charge in [-0.2, -0.15) is 0 Å². The molecule has 0 aliphatic rings. The SMILES string of the molecule is COc1ccc(COC(=O)c2ccc(F)c(N)c2)cc1. The van der Waals surface area contributed by atoms with Gasteiger partial charge in [0.05, 0.1) is 18.4 Å². The average Bonchev–Trinajstić information content (AvgIpc) is 2.48. The van der Waals surface area contributed by atoms with Gasteiger partial charge in [0.2, 0.25) is 0 Å². The third kappa shape index (κ3) is 3.26. The van der Waals surface area contributed by atoms with E-state index in [1.54, 1.807) is 31.4 Å². The van der Waals surface area contributed by atoms with Crippen molar-refractivity contribution >= 4 is 11.7 Å². The van der Waals surface area contributed by atoms with Crippen LogP contribution in [-0.4, -0.2) is 13.1 Å². The molecule has 0 aliphatic heterocycles. The van der Waals surface area contributed by atoms with Crippen LogP contribution in [0, 0.1) is 5.82 Å². The van der Waals surface area contributed by atoms with Gasteiger partial charge < -0.3 is 15.2 Å². The van der Waals surface area contributed by atoms with Gasteiger partial charge in [-0.3, -0.25) is 0 Å². The summed E-state index contributed by atoms with van der Waals surface area (Å²) in [6, 6.07) is 10.9. The van der Waals surface area contributed by atoms with Crippen LogP contribution in [0.2, 0.25) is 0 Å². The summed E-state index contributed by atoms with van der Waals surface area (Å²) in [5, 5.41) is 0. The summed E-state index contributed by atoms with van der Waals surface area (Å²) in [6.07, 6.45) is 0. The molecule has 2 N–H and O–H groups in total. The first-order valence-electron chi connectivity index (χ1n) is 5.95. The maximum atomic E-state index is 13.0. The van der Waals surface area contributed by atoms with Gasteiger partial charge in [0.1, 0.15) is 18.2 Å². The first kappa shape index (κ1) is 13.9. The summed E-state index contributed by atoms with van der Waals surface area (Å²) in [6.45, 7) is 0.125. The van der Waals surface area contributed by atoms with Crippen LogP contribution >= 0.6 is 0 Å². The first-order valence-corrected chi connectivity index (χ1v) is 5.95. The highest BCUT2D eigenvalue weighted by atomic mass is 19.1. The second-order valence-corrected chi connectivity index (χ2v) is 4.16. The molecule has 2 rings (SSSR count). The van der Waals surface area contributed by atoms with E-state index in [0.29, 0.717) is 0 Å². The van der Waals surface area contributed by atoms with Crippen molar-refractivity contribution in [2.24, 2.45) is 0 Å². The third-order valence-corrected chi connectivity index (χ3v) is 2.76. The first-order chi connectivity index (χ1) is 9.60. The summed E-state index contributed by atoms with van der Waals surface area (Å²) in [5.41, 5.74) is 6.37. The summed E-state index contributed by atoms with van der Waals surface area (Å²) in [5.74, 6) is -0.379. The van der Waals surface area contributed by atoms with E-state index in [4.69, 9.17) is 15.2 Å². The van der Waals surface area contributed by atoms with Gasteiger partial charge >= 0.3 is 5.97 Å². The van der Waals surface area contributed by atoms with Crippen LogP contribution in [0.15, 0.2) is 42.5 Å². The molecular formula is C15H14FNO3. The number of carbonyl (C=O) groups is 1. The fourth-order valence-electron chi connectivity index (χ4n) is 1.62. The number of anilines is 1. The molecule has 0 amide bonds. The van der Waals surface area contributed by atoms with E-state index >= 15 is 0 Å². The number of hydrogen-bond acceptors (Lipinski definition) is 4. The van der Waals surface area contributed by atoms with E-state index in [9.17, 15) is 9.18 Å². The van der Waals surface area contributed by atoms with Crippen molar-refractivity contribution in [2.75, 3.05) is 12.8 Å². The Morgan fingerprint density at radius 3 is 2.50 bits per heavy atom. The number of halogens is 1. The highest BCUT2D eigenvalue weighted by molar-refractivity contribution is 5.90. The summed E-state index contributed by atoms with van der Waals surface area (Å²) in [4.78, 5) is 11.8. The Kier molecular flexibility index (Phi) is 4.20. The third-order valence-electron chi connectivity index (χ3n) is 2.76. The molecule has 0 atom stereocenters. The van der Waals surface area contributed by atoms with Crippen molar-refractivity contribution < 1.29 is 18.7 Å². The zero-order valence-electron chi connectivity index (χ0n) is 10.9. The molecule has 0 saturated carbocycles. The zero-order chi connectivity index (χ0) is 14.5. The molecule has 0 aliphatic carbocycles. The highest BCUT2D eigenvalue weighted by Crippen LogP contribution is 2.15. The minimum absolute atomic E-state index is 0.0797. The Morgan fingerprint density at radius 1 is 1.20 bits per heavy atom. The Labute approximate surface area is 115 Å². The van der Waals surface area contributed by atoms with Crippen LogP contribution in [-0.2, 0) is 11.3 Å². The summed E-state index contributed by atoms with van der Waals surface area (Å²) < 4.78 is 23.2. The zero-order valence-corrected chi connectivity index (χ0v) is 10.9. The average molecular weight is 275 g/mol. The predicted octanol–water partition coefficient (Wildman–Crippen LogP) is 2.77. The number of carbonyl (C=O) groups excluding carboxylic acids is 1. The maximum absolute atomic E-state index is 13.0. The van der Waals surface area contributed by atoms with Gasteiger partial charge in [-0.25, -0.2) is 9.18 Å². The lowest BCUT2D eigenvalue weighted by atomic mass is 10.2. The minimum Gasteiger partial charge on any atom is -0.497 e. The van der Waals surface area contributed by atoms with Crippen LogP contribution in [0.4, 0.5) is 10.1 Å². The molecule has 0 fully saturated rings. The highest BCUT2D eigenvalue weighted by Gasteiger charge is 2.09. The summed E-state index contributed by atoms with van der Waals surface area (Å²) >= 11 is 0. The summed E-state index contributed by atoms with van der Waals surface area (Å²) in [7, 11) is 1.58. The maximum Gasteiger partial charge on any atom is 0.338 e. The lowest BCUT2D eigenvalue weighted by Gasteiger charge is -2.06. The topological polar surface area (TPSA) is 61.5 Å². The normalized spacial score (nSPS) is 10.1. The molecule has 5 heteroatoms. The van der Waals surface area contributed by atoms with E-state index in [0.717, 1.165) is 17.4 Å². The molecule has 2 aromatic carbocycles. The second-order valence-electron chi connectivity index (χ2n) is 4.16. The molecule has 0 bridgehead atoms.